The van der Waals surface area contributed by atoms with Crippen LogP contribution in [0.3, 0.4) is 0 Å². The summed E-state index contributed by atoms with van der Waals surface area (Å²) in [6, 6.07) is 8.92. The molecule has 0 fully saturated rings. The number of hydrogen-bond acceptors (Lipinski definition) is 4. The van der Waals surface area contributed by atoms with Crippen LogP contribution in [0.4, 0.5) is 10.1 Å². The molecule has 1 aliphatic rings. The summed E-state index contributed by atoms with van der Waals surface area (Å²) in [6.07, 6.45) is -0.363. The first-order valence-electron chi connectivity index (χ1n) is 7.93. The molecule has 1 heterocycles. The first kappa shape index (κ1) is 18.1. The maximum atomic E-state index is 13.7. The van der Waals surface area contributed by atoms with Crippen LogP contribution in [0.5, 0.6) is 0 Å². The van der Waals surface area contributed by atoms with Gasteiger partial charge in [-0.15, -0.1) is 0 Å². The zero-order valence-corrected chi connectivity index (χ0v) is 14.6. The highest BCUT2D eigenvalue weighted by molar-refractivity contribution is 6.31. The van der Waals surface area contributed by atoms with Gasteiger partial charge in [-0.25, -0.2) is 4.39 Å². The number of esters is 1. The lowest BCUT2D eigenvalue weighted by Gasteiger charge is -2.08. The molecule has 0 saturated carbocycles. The molecular formula is C19H15ClFNO4. The second-order valence-electron chi connectivity index (χ2n) is 5.97. The van der Waals surface area contributed by atoms with Crippen LogP contribution in [-0.4, -0.2) is 24.3 Å². The summed E-state index contributed by atoms with van der Waals surface area (Å²) in [5.41, 5.74) is 1.77. The SMILES string of the molecule is C[C@@H]1C(=O)Nc2ccc(C(=O)COC(=O)Cc3c(F)cccc3Cl)cc21. The highest BCUT2D eigenvalue weighted by atomic mass is 35.5. The third-order valence-electron chi connectivity index (χ3n) is 4.24. The van der Waals surface area contributed by atoms with E-state index in [4.69, 9.17) is 16.3 Å². The van der Waals surface area contributed by atoms with Crippen LogP contribution in [-0.2, 0) is 20.7 Å². The molecule has 1 aliphatic heterocycles. The van der Waals surface area contributed by atoms with E-state index in [0.29, 0.717) is 11.3 Å². The molecule has 2 aromatic carbocycles. The van der Waals surface area contributed by atoms with Crippen LogP contribution in [0.2, 0.25) is 5.02 Å². The highest BCUT2D eigenvalue weighted by Gasteiger charge is 2.27. The molecule has 0 saturated heterocycles. The molecule has 5 nitrogen and oxygen atoms in total. The monoisotopic (exact) mass is 375 g/mol. The number of carbonyl (C=O) groups is 3. The van der Waals surface area contributed by atoms with E-state index >= 15 is 0 Å². The van der Waals surface area contributed by atoms with Gasteiger partial charge in [0.2, 0.25) is 5.91 Å². The summed E-state index contributed by atoms with van der Waals surface area (Å²) in [6.45, 7) is 1.27. The van der Waals surface area contributed by atoms with Gasteiger partial charge in [0.1, 0.15) is 5.82 Å². The van der Waals surface area contributed by atoms with Crippen molar-refractivity contribution >= 4 is 34.9 Å². The summed E-state index contributed by atoms with van der Waals surface area (Å²) in [4.78, 5) is 35.8. The number of hydrogen-bond donors (Lipinski definition) is 1. The fourth-order valence-corrected chi connectivity index (χ4v) is 2.95. The summed E-state index contributed by atoms with van der Waals surface area (Å²) in [7, 11) is 0. The van der Waals surface area contributed by atoms with E-state index in [1.54, 1.807) is 25.1 Å². The van der Waals surface area contributed by atoms with Gasteiger partial charge in [0.25, 0.3) is 0 Å². The molecule has 0 bridgehead atoms. The Morgan fingerprint density at radius 1 is 1.27 bits per heavy atom. The number of amides is 1. The maximum absolute atomic E-state index is 13.7. The van der Waals surface area contributed by atoms with E-state index in [9.17, 15) is 18.8 Å². The highest BCUT2D eigenvalue weighted by Crippen LogP contribution is 2.32. The van der Waals surface area contributed by atoms with Gasteiger partial charge in [-0.05, 0) is 42.8 Å². The molecule has 7 heteroatoms. The predicted molar refractivity (Wildman–Crippen MR) is 93.9 cm³/mol. The van der Waals surface area contributed by atoms with E-state index in [1.165, 1.54) is 18.2 Å². The van der Waals surface area contributed by atoms with E-state index in [1.807, 2.05) is 0 Å². The van der Waals surface area contributed by atoms with Gasteiger partial charge < -0.3 is 10.1 Å². The van der Waals surface area contributed by atoms with Crippen LogP contribution in [0, 0.1) is 5.82 Å². The van der Waals surface area contributed by atoms with E-state index in [2.05, 4.69) is 5.32 Å². The number of fused-ring (bicyclic) bond motifs is 1. The Bertz CT molecular complexity index is 892. The minimum absolute atomic E-state index is 0.0301. The smallest absolute Gasteiger partial charge is 0.310 e. The van der Waals surface area contributed by atoms with Gasteiger partial charge in [0.15, 0.2) is 12.4 Å². The molecule has 1 amide bonds. The Hall–Kier alpha value is -2.73. The van der Waals surface area contributed by atoms with Crippen LogP contribution in [0.15, 0.2) is 36.4 Å². The molecule has 1 atom stereocenters. The predicted octanol–water partition coefficient (Wildman–Crippen LogP) is 3.50. The lowest BCUT2D eigenvalue weighted by Crippen LogP contribution is -2.16. The third-order valence-corrected chi connectivity index (χ3v) is 4.59. The lowest BCUT2D eigenvalue weighted by molar-refractivity contribution is -0.141. The zero-order valence-electron chi connectivity index (χ0n) is 13.8. The van der Waals surface area contributed by atoms with Gasteiger partial charge in [-0.2, -0.15) is 0 Å². The second-order valence-corrected chi connectivity index (χ2v) is 6.38. The van der Waals surface area contributed by atoms with Crippen LogP contribution in [0.1, 0.15) is 34.3 Å². The number of rotatable bonds is 5. The van der Waals surface area contributed by atoms with Crippen molar-refractivity contribution in [2.45, 2.75) is 19.3 Å². The fourth-order valence-electron chi connectivity index (χ4n) is 2.72. The van der Waals surface area contributed by atoms with E-state index < -0.39 is 24.2 Å². The third kappa shape index (κ3) is 3.60. The van der Waals surface area contributed by atoms with Gasteiger partial charge in [0.05, 0.1) is 12.3 Å². The molecule has 0 spiro atoms. The largest absolute Gasteiger partial charge is 0.457 e. The molecule has 26 heavy (non-hydrogen) atoms. The van der Waals surface area contributed by atoms with Crippen molar-refractivity contribution < 1.29 is 23.5 Å². The number of benzene rings is 2. The summed E-state index contributed by atoms with van der Waals surface area (Å²) in [5, 5.41) is 2.84. The molecule has 1 N–H and O–H groups in total. The van der Waals surface area contributed by atoms with E-state index in [0.717, 1.165) is 5.56 Å². The number of carbonyl (C=O) groups excluding carboxylic acids is 3. The summed E-state index contributed by atoms with van der Waals surface area (Å²) >= 11 is 5.86. The molecule has 0 unspecified atom stereocenters. The van der Waals surface area contributed by atoms with Gasteiger partial charge in [-0.3, -0.25) is 14.4 Å². The Morgan fingerprint density at radius 2 is 2.04 bits per heavy atom. The van der Waals surface area contributed by atoms with Crippen molar-refractivity contribution in [2.24, 2.45) is 0 Å². The maximum Gasteiger partial charge on any atom is 0.310 e. The Balaban J connectivity index is 1.63. The average molecular weight is 376 g/mol. The lowest BCUT2D eigenvalue weighted by atomic mass is 9.99. The van der Waals surface area contributed by atoms with Crippen molar-refractivity contribution in [3.8, 4) is 0 Å². The van der Waals surface area contributed by atoms with E-state index in [-0.39, 0.29) is 28.8 Å². The Labute approximate surface area is 154 Å². The molecule has 0 aromatic heterocycles. The molecular weight excluding hydrogens is 361 g/mol. The zero-order chi connectivity index (χ0) is 18.8. The van der Waals surface area contributed by atoms with Crippen molar-refractivity contribution in [1.82, 2.24) is 0 Å². The normalized spacial score (nSPS) is 15.3. The first-order chi connectivity index (χ1) is 12.4. The number of anilines is 1. The van der Waals surface area contributed by atoms with Crippen molar-refractivity contribution in [1.29, 1.82) is 0 Å². The number of ether oxygens (including phenoxy) is 1. The van der Waals surface area contributed by atoms with Crippen molar-refractivity contribution in [2.75, 3.05) is 11.9 Å². The fraction of sp³-hybridized carbons (Fsp3) is 0.211. The van der Waals surface area contributed by atoms with Gasteiger partial charge >= 0.3 is 5.97 Å². The van der Waals surface area contributed by atoms with Gasteiger partial charge in [-0.1, -0.05) is 17.7 Å². The first-order valence-corrected chi connectivity index (χ1v) is 8.31. The van der Waals surface area contributed by atoms with Crippen LogP contribution < -0.4 is 5.32 Å². The molecule has 2 aromatic rings. The number of halogens is 2. The van der Waals surface area contributed by atoms with Crippen LogP contribution >= 0.6 is 11.6 Å². The minimum Gasteiger partial charge on any atom is -0.457 e. The number of ketones is 1. The Morgan fingerprint density at radius 3 is 2.77 bits per heavy atom. The number of Topliss-reactive ketones (excluding diaryl/α,β-unsaturated/α-hetero) is 1. The quantitative estimate of drug-likeness (QED) is 0.641. The minimum atomic E-state index is -0.753. The van der Waals surface area contributed by atoms with Crippen LogP contribution in [0.25, 0.3) is 0 Å². The summed E-state index contributed by atoms with van der Waals surface area (Å²) in [5.74, 6) is -2.24. The topological polar surface area (TPSA) is 72.5 Å². The molecule has 3 rings (SSSR count). The number of nitrogens with one attached hydrogen (secondary N) is 1. The second kappa shape index (κ2) is 7.25. The average Bonchev–Trinajstić information content (AvgIpc) is 2.90. The van der Waals surface area contributed by atoms with Gasteiger partial charge in [0, 0.05) is 21.8 Å². The van der Waals surface area contributed by atoms with Crippen molar-refractivity contribution in [3.63, 3.8) is 0 Å². The standard InChI is InChI=1S/C19H15ClFNO4/c1-10-12-7-11(5-6-16(12)22-19(10)25)17(23)9-26-18(24)8-13-14(20)3-2-4-15(13)21/h2-7,10H,8-9H2,1H3,(H,22,25)/t10-/m0/s1. The van der Waals surface area contributed by atoms with Crippen molar-refractivity contribution in [3.05, 3.63) is 63.9 Å². The molecule has 134 valence electrons. The molecule has 0 radical (unpaired) electrons. The Kier molecular flexibility index (Phi) is 5.04. The summed E-state index contributed by atoms with van der Waals surface area (Å²) < 4.78 is 18.6. The molecule has 0 aliphatic carbocycles.